The lowest BCUT2D eigenvalue weighted by Gasteiger charge is -2.09. The van der Waals surface area contributed by atoms with Crippen LogP contribution in [0.4, 0.5) is 5.69 Å². The topological polar surface area (TPSA) is 76.2 Å². The Bertz CT molecular complexity index is 690. The SMILES string of the molecule is COc1cc2c(cc1OC)/C(=C/c1ccn[nH]1)C(=O)N2. The molecule has 0 radical (unpaired) electrons. The normalized spacial score (nSPS) is 15.1. The molecule has 1 aliphatic heterocycles. The number of carbonyl (C=O) groups is 1. The zero-order valence-electron chi connectivity index (χ0n) is 11.1. The maximum absolute atomic E-state index is 12.1. The van der Waals surface area contributed by atoms with Crippen molar-refractivity contribution in [2.75, 3.05) is 19.5 Å². The first-order valence-corrected chi connectivity index (χ1v) is 6.01. The number of nitrogens with one attached hydrogen (secondary N) is 2. The van der Waals surface area contributed by atoms with E-state index in [2.05, 4.69) is 15.5 Å². The number of amides is 1. The molecule has 3 rings (SSSR count). The minimum absolute atomic E-state index is 0.162. The fourth-order valence-electron chi connectivity index (χ4n) is 2.16. The van der Waals surface area contributed by atoms with Crippen LogP contribution in [0.2, 0.25) is 0 Å². The summed E-state index contributed by atoms with van der Waals surface area (Å²) in [6, 6.07) is 5.33. The molecule has 0 bridgehead atoms. The number of rotatable bonds is 3. The Hall–Kier alpha value is -2.76. The summed E-state index contributed by atoms with van der Waals surface area (Å²) in [5.41, 5.74) is 2.81. The number of anilines is 1. The van der Waals surface area contributed by atoms with Gasteiger partial charge in [0.2, 0.25) is 0 Å². The van der Waals surface area contributed by atoms with Gasteiger partial charge in [0.25, 0.3) is 5.91 Å². The number of benzene rings is 1. The van der Waals surface area contributed by atoms with Crippen molar-refractivity contribution in [1.29, 1.82) is 0 Å². The number of hydrogen-bond donors (Lipinski definition) is 2. The van der Waals surface area contributed by atoms with Crippen molar-refractivity contribution in [3.05, 3.63) is 35.7 Å². The number of fused-ring (bicyclic) bond motifs is 1. The molecule has 6 nitrogen and oxygen atoms in total. The van der Waals surface area contributed by atoms with Crippen molar-refractivity contribution in [2.24, 2.45) is 0 Å². The van der Waals surface area contributed by atoms with Crippen LogP contribution in [0.1, 0.15) is 11.3 Å². The van der Waals surface area contributed by atoms with Crippen molar-refractivity contribution in [3.63, 3.8) is 0 Å². The molecule has 0 saturated carbocycles. The number of nitrogens with zero attached hydrogens (tertiary/aromatic N) is 1. The predicted molar refractivity (Wildman–Crippen MR) is 74.6 cm³/mol. The molecule has 102 valence electrons. The summed E-state index contributed by atoms with van der Waals surface area (Å²) in [5.74, 6) is 0.998. The van der Waals surface area contributed by atoms with E-state index in [1.165, 1.54) is 0 Å². The van der Waals surface area contributed by atoms with Crippen LogP contribution in [0, 0.1) is 0 Å². The third kappa shape index (κ3) is 1.91. The van der Waals surface area contributed by atoms with Gasteiger partial charge in [-0.25, -0.2) is 0 Å². The second-order valence-corrected chi connectivity index (χ2v) is 4.28. The van der Waals surface area contributed by atoms with Gasteiger partial charge >= 0.3 is 0 Å². The molecule has 1 aromatic carbocycles. The van der Waals surface area contributed by atoms with E-state index < -0.39 is 0 Å². The Morgan fingerprint density at radius 2 is 1.95 bits per heavy atom. The third-order valence-electron chi connectivity index (χ3n) is 3.13. The highest BCUT2D eigenvalue weighted by Gasteiger charge is 2.26. The third-order valence-corrected chi connectivity index (χ3v) is 3.13. The average molecular weight is 271 g/mol. The summed E-state index contributed by atoms with van der Waals surface area (Å²) in [4.78, 5) is 12.1. The van der Waals surface area contributed by atoms with Gasteiger partial charge < -0.3 is 14.8 Å². The summed E-state index contributed by atoms with van der Waals surface area (Å²) in [6.45, 7) is 0. The maximum Gasteiger partial charge on any atom is 0.256 e. The molecule has 1 aliphatic rings. The molecule has 0 aliphatic carbocycles. The van der Waals surface area contributed by atoms with Gasteiger partial charge in [0.05, 0.1) is 31.2 Å². The number of carbonyl (C=O) groups excluding carboxylic acids is 1. The van der Waals surface area contributed by atoms with Gasteiger partial charge in [0.15, 0.2) is 11.5 Å². The molecule has 0 unspecified atom stereocenters. The van der Waals surface area contributed by atoms with E-state index in [0.29, 0.717) is 22.8 Å². The Morgan fingerprint density at radius 1 is 1.20 bits per heavy atom. The largest absolute Gasteiger partial charge is 0.493 e. The molecule has 2 heterocycles. The molecule has 2 N–H and O–H groups in total. The minimum atomic E-state index is -0.162. The molecule has 6 heteroatoms. The Balaban J connectivity index is 2.12. The minimum Gasteiger partial charge on any atom is -0.493 e. The monoisotopic (exact) mass is 271 g/mol. The second-order valence-electron chi connectivity index (χ2n) is 4.28. The van der Waals surface area contributed by atoms with Crippen molar-refractivity contribution in [3.8, 4) is 11.5 Å². The predicted octanol–water partition coefficient (Wildman–Crippen LogP) is 1.92. The fraction of sp³-hybridized carbons (Fsp3) is 0.143. The highest BCUT2D eigenvalue weighted by atomic mass is 16.5. The highest BCUT2D eigenvalue weighted by molar-refractivity contribution is 6.35. The Morgan fingerprint density at radius 3 is 2.60 bits per heavy atom. The van der Waals surface area contributed by atoms with Crippen molar-refractivity contribution < 1.29 is 14.3 Å². The van der Waals surface area contributed by atoms with Gasteiger partial charge in [0, 0.05) is 17.8 Å². The summed E-state index contributed by atoms with van der Waals surface area (Å²) in [7, 11) is 3.12. The molecule has 0 spiro atoms. The first-order valence-electron chi connectivity index (χ1n) is 6.01. The highest BCUT2D eigenvalue weighted by Crippen LogP contribution is 2.40. The van der Waals surface area contributed by atoms with Gasteiger partial charge in [0.1, 0.15) is 0 Å². The van der Waals surface area contributed by atoms with Crippen molar-refractivity contribution >= 4 is 23.2 Å². The van der Waals surface area contributed by atoms with Crippen LogP contribution >= 0.6 is 0 Å². The van der Waals surface area contributed by atoms with Gasteiger partial charge in [-0.05, 0) is 18.2 Å². The molecule has 0 saturated heterocycles. The summed E-state index contributed by atoms with van der Waals surface area (Å²) < 4.78 is 10.5. The number of ether oxygens (including phenoxy) is 2. The lowest BCUT2D eigenvalue weighted by Crippen LogP contribution is -2.03. The summed E-state index contributed by atoms with van der Waals surface area (Å²) in [5, 5.41) is 9.47. The molecule has 0 atom stereocenters. The van der Waals surface area contributed by atoms with Crippen LogP contribution in [0.15, 0.2) is 24.4 Å². The van der Waals surface area contributed by atoms with Crippen LogP contribution < -0.4 is 14.8 Å². The van der Waals surface area contributed by atoms with Crippen LogP contribution in [0.3, 0.4) is 0 Å². The standard InChI is InChI=1S/C14H13N3O3/c1-19-12-6-9-10(5-8-3-4-15-17-8)14(18)16-11(9)7-13(12)20-2/h3-7H,1-2H3,(H,15,17)(H,16,18)/b10-5-. The lowest BCUT2D eigenvalue weighted by molar-refractivity contribution is -0.110. The van der Waals surface area contributed by atoms with E-state index in [1.54, 1.807) is 44.7 Å². The van der Waals surface area contributed by atoms with E-state index in [0.717, 1.165) is 11.3 Å². The van der Waals surface area contributed by atoms with Gasteiger partial charge in [-0.2, -0.15) is 5.10 Å². The average Bonchev–Trinajstić information content (AvgIpc) is 3.06. The second kappa shape index (κ2) is 4.73. The fourth-order valence-corrected chi connectivity index (χ4v) is 2.16. The van der Waals surface area contributed by atoms with Gasteiger partial charge in [-0.15, -0.1) is 0 Å². The van der Waals surface area contributed by atoms with E-state index in [9.17, 15) is 4.79 Å². The molecule has 20 heavy (non-hydrogen) atoms. The zero-order chi connectivity index (χ0) is 14.1. The number of methoxy groups -OCH3 is 2. The van der Waals surface area contributed by atoms with Crippen LogP contribution in [-0.4, -0.2) is 30.3 Å². The number of hydrogen-bond acceptors (Lipinski definition) is 4. The first kappa shape index (κ1) is 12.3. The summed E-state index contributed by atoms with van der Waals surface area (Å²) >= 11 is 0. The van der Waals surface area contributed by atoms with Crippen LogP contribution in [0.25, 0.3) is 11.6 Å². The molecule has 0 fully saturated rings. The van der Waals surface area contributed by atoms with E-state index in [-0.39, 0.29) is 5.91 Å². The summed E-state index contributed by atoms with van der Waals surface area (Å²) in [6.07, 6.45) is 3.38. The number of aromatic nitrogens is 2. The Labute approximate surface area is 115 Å². The lowest BCUT2D eigenvalue weighted by atomic mass is 10.1. The molecular formula is C14H13N3O3. The van der Waals surface area contributed by atoms with E-state index in [4.69, 9.17) is 9.47 Å². The van der Waals surface area contributed by atoms with Crippen LogP contribution in [0.5, 0.6) is 11.5 Å². The maximum atomic E-state index is 12.1. The molecule has 2 aromatic rings. The van der Waals surface area contributed by atoms with Gasteiger partial charge in [-0.3, -0.25) is 9.89 Å². The number of aromatic amines is 1. The smallest absolute Gasteiger partial charge is 0.256 e. The molecule has 1 aromatic heterocycles. The van der Waals surface area contributed by atoms with Gasteiger partial charge in [-0.1, -0.05) is 0 Å². The number of H-pyrrole nitrogens is 1. The van der Waals surface area contributed by atoms with E-state index in [1.807, 2.05) is 0 Å². The zero-order valence-corrected chi connectivity index (χ0v) is 11.1. The van der Waals surface area contributed by atoms with Crippen LogP contribution in [-0.2, 0) is 4.79 Å². The molecular weight excluding hydrogens is 258 g/mol. The molecule has 1 amide bonds. The quantitative estimate of drug-likeness (QED) is 0.836. The van der Waals surface area contributed by atoms with Crippen molar-refractivity contribution in [2.45, 2.75) is 0 Å². The Kier molecular flexibility index (Phi) is 2.90. The van der Waals surface area contributed by atoms with E-state index >= 15 is 0 Å². The van der Waals surface area contributed by atoms with Crippen molar-refractivity contribution in [1.82, 2.24) is 10.2 Å². The first-order chi connectivity index (χ1) is 9.72.